The van der Waals surface area contributed by atoms with Gasteiger partial charge in [0.15, 0.2) is 0 Å². The second-order valence-corrected chi connectivity index (χ2v) is 10.6. The molecule has 3 saturated heterocycles. The van der Waals surface area contributed by atoms with Crippen molar-refractivity contribution >= 4 is 5.91 Å². The van der Waals surface area contributed by atoms with E-state index in [0.29, 0.717) is 12.5 Å². The second-order valence-electron chi connectivity index (χ2n) is 10.6. The largest absolute Gasteiger partial charge is 0.496 e. The van der Waals surface area contributed by atoms with Gasteiger partial charge in [0.05, 0.1) is 13.0 Å². The first kappa shape index (κ1) is 26.5. The lowest BCUT2D eigenvalue weighted by molar-refractivity contribution is -0.145. The number of ether oxygens (including phenoxy) is 1. The number of carbonyl (C=O) groups is 1. The Morgan fingerprint density at radius 3 is 2.16 bits per heavy atom. The van der Waals surface area contributed by atoms with Gasteiger partial charge < -0.3 is 15.0 Å². The van der Waals surface area contributed by atoms with E-state index in [1.54, 1.807) is 7.11 Å². The van der Waals surface area contributed by atoms with Crippen LogP contribution in [0.15, 0.2) is 84.9 Å². The topological polar surface area (TPSA) is 44.8 Å². The van der Waals surface area contributed by atoms with Crippen LogP contribution in [0.25, 0.3) is 0 Å². The molecule has 3 aliphatic rings. The molecule has 5 nitrogen and oxygen atoms in total. The zero-order valence-corrected chi connectivity index (χ0v) is 22.9. The molecule has 0 saturated carbocycles. The van der Waals surface area contributed by atoms with Gasteiger partial charge in [-0.05, 0) is 49.9 Å². The van der Waals surface area contributed by atoms with Gasteiger partial charge in [-0.3, -0.25) is 9.69 Å². The van der Waals surface area contributed by atoms with Gasteiger partial charge in [0.1, 0.15) is 5.75 Å². The lowest BCUT2D eigenvalue weighted by Crippen LogP contribution is -2.69. The minimum Gasteiger partial charge on any atom is -0.496 e. The monoisotopic (exact) mass is 511 g/mol. The molecule has 200 valence electrons. The Bertz CT molecular complexity index is 1140. The Hall–Kier alpha value is -3.15. The van der Waals surface area contributed by atoms with Gasteiger partial charge in [0.2, 0.25) is 5.91 Å². The van der Waals surface area contributed by atoms with Crippen molar-refractivity contribution in [2.75, 3.05) is 33.3 Å². The van der Waals surface area contributed by atoms with Crippen LogP contribution in [0.3, 0.4) is 0 Å². The molecule has 1 amide bonds. The predicted molar refractivity (Wildman–Crippen MR) is 153 cm³/mol. The van der Waals surface area contributed by atoms with Crippen molar-refractivity contribution in [3.05, 3.63) is 102 Å². The van der Waals surface area contributed by atoms with Gasteiger partial charge >= 0.3 is 0 Å². The summed E-state index contributed by atoms with van der Waals surface area (Å²) in [5, 5.41) is 3.98. The van der Waals surface area contributed by atoms with E-state index in [9.17, 15) is 4.79 Å². The molecule has 5 heteroatoms. The maximum Gasteiger partial charge on any atom is 0.227 e. The highest BCUT2D eigenvalue weighted by atomic mass is 16.5. The van der Waals surface area contributed by atoms with Gasteiger partial charge in [-0.15, -0.1) is 0 Å². The number of methoxy groups -OCH3 is 1. The first-order valence-electron chi connectivity index (χ1n) is 14.1. The molecule has 1 N–H and O–H groups in total. The highest BCUT2D eigenvalue weighted by Gasteiger charge is 2.52. The number of amides is 1. The minimum atomic E-state index is 0.0160. The fraction of sp³-hybridized carbons (Fsp3) is 0.424. The molecule has 0 radical (unpaired) electrons. The number of nitrogens with one attached hydrogen (secondary N) is 1. The summed E-state index contributed by atoms with van der Waals surface area (Å²) in [5.41, 5.74) is 3.80. The van der Waals surface area contributed by atoms with Crippen LogP contribution in [-0.4, -0.2) is 61.1 Å². The number of fused-ring (bicyclic) bond motifs is 3. The summed E-state index contributed by atoms with van der Waals surface area (Å²) in [6.07, 6.45) is 1.04. The van der Waals surface area contributed by atoms with E-state index in [1.807, 2.05) is 17.0 Å². The summed E-state index contributed by atoms with van der Waals surface area (Å²) in [4.78, 5) is 18.4. The Morgan fingerprint density at radius 2 is 1.55 bits per heavy atom. The average Bonchev–Trinajstić information content (AvgIpc) is 2.98. The standard InChI is InChI=1S/C33H41N3O2/c1-4-35(5-2)33(37)28-23-36-21-20-27(28)31(34-22-26-18-12-13-19-29(26)38-3)32(36)30(24-14-8-6-9-15-24)25-16-10-7-11-17-25/h6-19,27-28,30-32,34H,4-5,20-23H2,1-3H3/t27-,28+,31+,32+/m1/s1. The number of nitrogens with zero attached hydrogens (tertiary/aromatic N) is 2. The van der Waals surface area contributed by atoms with Crippen LogP contribution in [0, 0.1) is 11.8 Å². The molecule has 1 unspecified atom stereocenters. The molecule has 2 bridgehead atoms. The minimum absolute atomic E-state index is 0.0160. The van der Waals surface area contributed by atoms with Gasteiger partial charge in [-0.2, -0.15) is 0 Å². The summed E-state index contributed by atoms with van der Waals surface area (Å²) in [5.74, 6) is 1.71. The van der Waals surface area contributed by atoms with Gasteiger partial charge in [0, 0.05) is 49.7 Å². The molecule has 3 heterocycles. The summed E-state index contributed by atoms with van der Waals surface area (Å²) >= 11 is 0. The molecular formula is C33H41N3O2. The van der Waals surface area contributed by atoms with Crippen molar-refractivity contribution in [1.29, 1.82) is 0 Å². The SMILES string of the molecule is CCN(CC)C(=O)[C@H]1CN2CC[C@H]1[C@H](NCc1ccccc1OC)[C@@H]2C(c1ccccc1)c1ccccc1. The van der Waals surface area contributed by atoms with Crippen LogP contribution >= 0.6 is 0 Å². The lowest BCUT2D eigenvalue weighted by Gasteiger charge is -2.57. The lowest BCUT2D eigenvalue weighted by atomic mass is 9.66. The highest BCUT2D eigenvalue weighted by Crippen LogP contribution is 2.45. The van der Waals surface area contributed by atoms with Crippen molar-refractivity contribution in [3.8, 4) is 5.75 Å². The maximum atomic E-state index is 13.7. The zero-order chi connectivity index (χ0) is 26.5. The van der Waals surface area contributed by atoms with E-state index >= 15 is 0 Å². The Balaban J connectivity index is 1.54. The Kier molecular flexibility index (Phi) is 8.45. The molecule has 3 fully saturated rings. The van der Waals surface area contributed by atoms with Crippen molar-refractivity contribution in [3.63, 3.8) is 0 Å². The van der Waals surface area contributed by atoms with Crippen LogP contribution in [0.2, 0.25) is 0 Å². The summed E-state index contributed by atoms with van der Waals surface area (Å²) in [6.45, 7) is 8.26. The molecule has 3 aromatic rings. The third-order valence-electron chi connectivity index (χ3n) is 8.72. The third kappa shape index (κ3) is 5.23. The number of carbonyl (C=O) groups excluding carboxylic acids is 1. The van der Waals surface area contributed by atoms with E-state index in [0.717, 1.165) is 43.9 Å². The number of rotatable bonds is 10. The Morgan fingerprint density at radius 1 is 0.947 bits per heavy atom. The Labute approximate surface area is 227 Å². The molecule has 0 aromatic heterocycles. The van der Waals surface area contributed by atoms with E-state index in [4.69, 9.17) is 4.74 Å². The summed E-state index contributed by atoms with van der Waals surface area (Å²) in [6, 6.07) is 30.4. The smallest absolute Gasteiger partial charge is 0.227 e. The van der Waals surface area contributed by atoms with Crippen LogP contribution in [0.5, 0.6) is 5.75 Å². The molecule has 38 heavy (non-hydrogen) atoms. The first-order chi connectivity index (χ1) is 18.7. The molecule has 6 rings (SSSR count). The predicted octanol–water partition coefficient (Wildman–Crippen LogP) is 5.17. The van der Waals surface area contributed by atoms with Crippen LogP contribution < -0.4 is 10.1 Å². The fourth-order valence-corrected chi connectivity index (χ4v) is 6.88. The molecule has 3 aromatic carbocycles. The zero-order valence-electron chi connectivity index (χ0n) is 22.9. The van der Waals surface area contributed by atoms with Gasteiger partial charge in [-0.25, -0.2) is 0 Å². The molecular weight excluding hydrogens is 470 g/mol. The number of hydrogen-bond donors (Lipinski definition) is 1. The number of para-hydroxylation sites is 1. The first-order valence-corrected chi connectivity index (χ1v) is 14.1. The van der Waals surface area contributed by atoms with Crippen LogP contribution in [0.4, 0.5) is 0 Å². The van der Waals surface area contributed by atoms with E-state index in [-0.39, 0.29) is 29.8 Å². The van der Waals surface area contributed by atoms with Gasteiger partial charge in [-0.1, -0.05) is 78.9 Å². The van der Waals surface area contributed by atoms with E-state index < -0.39 is 0 Å². The van der Waals surface area contributed by atoms with E-state index in [1.165, 1.54) is 11.1 Å². The average molecular weight is 512 g/mol. The van der Waals surface area contributed by atoms with Crippen molar-refractivity contribution in [1.82, 2.24) is 15.1 Å². The molecule has 0 spiro atoms. The maximum absolute atomic E-state index is 13.7. The summed E-state index contributed by atoms with van der Waals surface area (Å²) < 4.78 is 5.67. The summed E-state index contributed by atoms with van der Waals surface area (Å²) in [7, 11) is 1.73. The number of benzene rings is 3. The number of piperidine rings is 3. The van der Waals surface area contributed by atoms with Crippen molar-refractivity contribution in [2.24, 2.45) is 11.8 Å². The van der Waals surface area contributed by atoms with Gasteiger partial charge in [0.25, 0.3) is 0 Å². The number of hydrogen-bond acceptors (Lipinski definition) is 4. The van der Waals surface area contributed by atoms with Crippen molar-refractivity contribution < 1.29 is 9.53 Å². The fourth-order valence-electron chi connectivity index (χ4n) is 6.88. The van der Waals surface area contributed by atoms with Crippen LogP contribution in [-0.2, 0) is 11.3 Å². The third-order valence-corrected chi connectivity index (χ3v) is 8.72. The molecule has 3 aliphatic heterocycles. The van der Waals surface area contributed by atoms with Crippen LogP contribution in [0.1, 0.15) is 42.9 Å². The molecule has 0 aliphatic carbocycles. The highest BCUT2D eigenvalue weighted by molar-refractivity contribution is 5.80. The normalized spacial score (nSPS) is 24.4. The molecule has 5 atom stereocenters. The quantitative estimate of drug-likeness (QED) is 0.408. The second kappa shape index (κ2) is 12.1. The van der Waals surface area contributed by atoms with E-state index in [2.05, 4.69) is 96.9 Å². The van der Waals surface area contributed by atoms with Crippen molar-refractivity contribution in [2.45, 2.75) is 44.8 Å².